The maximum absolute atomic E-state index is 10.1. The molecule has 3 nitrogen and oxygen atoms in total. The Labute approximate surface area is 106 Å². The van der Waals surface area contributed by atoms with Crippen molar-refractivity contribution in [1.82, 2.24) is 0 Å². The second-order valence-electron chi connectivity index (χ2n) is 4.66. The number of fused-ring (bicyclic) bond motifs is 1. The summed E-state index contributed by atoms with van der Waals surface area (Å²) in [6.45, 7) is 2.69. The van der Waals surface area contributed by atoms with Gasteiger partial charge in [0.05, 0.1) is 18.3 Å². The Morgan fingerprint density at radius 2 is 2.00 bits per heavy atom. The molecular formula is C15H16O3. The van der Waals surface area contributed by atoms with Crippen LogP contribution in [0, 0.1) is 0 Å². The first-order valence-corrected chi connectivity index (χ1v) is 6.23. The number of aromatic hydroxyl groups is 1. The highest BCUT2D eigenvalue weighted by molar-refractivity contribution is 5.87. The first kappa shape index (κ1) is 11.5. The average molecular weight is 244 g/mol. The molecule has 0 spiro atoms. The minimum Gasteiger partial charge on any atom is -0.507 e. The smallest absolute Gasteiger partial charge is 0.188 e. The van der Waals surface area contributed by atoms with Gasteiger partial charge in [0, 0.05) is 0 Å². The molecule has 3 heteroatoms. The van der Waals surface area contributed by atoms with Gasteiger partial charge in [0.25, 0.3) is 0 Å². The summed E-state index contributed by atoms with van der Waals surface area (Å²) in [5.41, 5.74) is 0.736. The van der Waals surface area contributed by atoms with Crippen LogP contribution in [0.3, 0.4) is 0 Å². The van der Waals surface area contributed by atoms with E-state index >= 15 is 0 Å². The van der Waals surface area contributed by atoms with Gasteiger partial charge in [0.2, 0.25) is 0 Å². The summed E-state index contributed by atoms with van der Waals surface area (Å²) in [5, 5.41) is 12.1. The Bertz CT molecular complexity index is 565. The zero-order valence-corrected chi connectivity index (χ0v) is 10.3. The van der Waals surface area contributed by atoms with Crippen LogP contribution in [0.15, 0.2) is 36.4 Å². The molecule has 2 aromatic rings. The number of ether oxygens (including phenoxy) is 2. The van der Waals surface area contributed by atoms with Gasteiger partial charge in [-0.15, -0.1) is 0 Å². The van der Waals surface area contributed by atoms with Gasteiger partial charge in [0.15, 0.2) is 6.29 Å². The van der Waals surface area contributed by atoms with Crippen molar-refractivity contribution < 1.29 is 14.6 Å². The molecule has 0 saturated carbocycles. The van der Waals surface area contributed by atoms with Crippen LogP contribution in [0.2, 0.25) is 0 Å². The van der Waals surface area contributed by atoms with Crippen LogP contribution >= 0.6 is 0 Å². The summed E-state index contributed by atoms with van der Waals surface area (Å²) in [7, 11) is 0. The highest BCUT2D eigenvalue weighted by Crippen LogP contribution is 2.37. The van der Waals surface area contributed by atoms with Crippen LogP contribution in [-0.2, 0) is 9.47 Å². The predicted molar refractivity (Wildman–Crippen MR) is 69.5 cm³/mol. The van der Waals surface area contributed by atoms with Crippen molar-refractivity contribution in [2.24, 2.45) is 0 Å². The Morgan fingerprint density at radius 1 is 1.17 bits per heavy atom. The van der Waals surface area contributed by atoms with Crippen LogP contribution in [0.4, 0.5) is 0 Å². The number of phenols is 1. The topological polar surface area (TPSA) is 38.7 Å². The third-order valence-electron chi connectivity index (χ3n) is 3.33. The standard InChI is InChI=1S/C15H16O3/c1-10-8-9-17-15(18-10)14-12-5-3-2-4-11(12)6-7-13(14)16/h2-7,10,15-16H,8-9H2,1H3. The molecule has 0 radical (unpaired) electrons. The van der Waals surface area contributed by atoms with Gasteiger partial charge < -0.3 is 14.6 Å². The number of hydrogen-bond acceptors (Lipinski definition) is 3. The predicted octanol–water partition coefficient (Wildman–Crippen LogP) is 3.37. The van der Waals surface area contributed by atoms with E-state index in [1.165, 1.54) is 0 Å². The van der Waals surface area contributed by atoms with E-state index in [0.717, 1.165) is 22.8 Å². The first-order valence-electron chi connectivity index (χ1n) is 6.23. The van der Waals surface area contributed by atoms with E-state index in [2.05, 4.69) is 0 Å². The molecule has 18 heavy (non-hydrogen) atoms. The Kier molecular flexibility index (Phi) is 2.94. The second kappa shape index (κ2) is 4.59. The van der Waals surface area contributed by atoms with E-state index in [4.69, 9.17) is 9.47 Å². The fourth-order valence-corrected chi connectivity index (χ4v) is 2.34. The van der Waals surface area contributed by atoms with Crippen molar-refractivity contribution in [3.8, 4) is 5.75 Å². The van der Waals surface area contributed by atoms with Crippen LogP contribution in [0.1, 0.15) is 25.2 Å². The summed E-state index contributed by atoms with van der Waals surface area (Å²) in [6.07, 6.45) is 0.573. The molecule has 1 fully saturated rings. The molecule has 1 aliphatic rings. The SMILES string of the molecule is CC1CCOC(c2c(O)ccc3ccccc23)O1. The maximum atomic E-state index is 10.1. The van der Waals surface area contributed by atoms with Crippen molar-refractivity contribution in [2.75, 3.05) is 6.61 Å². The molecule has 3 rings (SSSR count). The molecule has 1 heterocycles. The van der Waals surface area contributed by atoms with Crippen LogP contribution in [0.25, 0.3) is 10.8 Å². The lowest BCUT2D eigenvalue weighted by Crippen LogP contribution is -2.24. The lowest BCUT2D eigenvalue weighted by molar-refractivity contribution is -0.212. The van der Waals surface area contributed by atoms with E-state index in [-0.39, 0.29) is 11.9 Å². The maximum Gasteiger partial charge on any atom is 0.188 e. The van der Waals surface area contributed by atoms with Gasteiger partial charge >= 0.3 is 0 Å². The molecule has 1 saturated heterocycles. The number of rotatable bonds is 1. The Morgan fingerprint density at radius 3 is 2.83 bits per heavy atom. The van der Waals surface area contributed by atoms with Crippen molar-refractivity contribution in [1.29, 1.82) is 0 Å². The zero-order valence-electron chi connectivity index (χ0n) is 10.3. The molecule has 2 atom stereocenters. The molecule has 0 aliphatic carbocycles. The summed E-state index contributed by atoms with van der Waals surface area (Å²) in [4.78, 5) is 0. The molecule has 0 amide bonds. The van der Waals surface area contributed by atoms with E-state index < -0.39 is 6.29 Å². The molecule has 2 unspecified atom stereocenters. The highest BCUT2D eigenvalue weighted by atomic mass is 16.7. The molecule has 0 aromatic heterocycles. The summed E-state index contributed by atoms with van der Waals surface area (Å²) < 4.78 is 11.4. The van der Waals surface area contributed by atoms with Gasteiger partial charge in [-0.2, -0.15) is 0 Å². The largest absolute Gasteiger partial charge is 0.507 e. The lowest BCUT2D eigenvalue weighted by atomic mass is 10.0. The zero-order chi connectivity index (χ0) is 12.5. The molecule has 2 aromatic carbocycles. The minimum absolute atomic E-state index is 0.155. The summed E-state index contributed by atoms with van der Waals surface area (Å²) >= 11 is 0. The number of benzene rings is 2. The van der Waals surface area contributed by atoms with E-state index in [1.807, 2.05) is 37.3 Å². The van der Waals surface area contributed by atoms with Gasteiger partial charge in [0.1, 0.15) is 5.75 Å². The first-order chi connectivity index (χ1) is 8.75. The van der Waals surface area contributed by atoms with Crippen molar-refractivity contribution in [3.05, 3.63) is 42.0 Å². The van der Waals surface area contributed by atoms with E-state index in [1.54, 1.807) is 6.07 Å². The normalized spacial score (nSPS) is 24.3. The fourth-order valence-electron chi connectivity index (χ4n) is 2.34. The van der Waals surface area contributed by atoms with Crippen LogP contribution in [-0.4, -0.2) is 17.8 Å². The second-order valence-corrected chi connectivity index (χ2v) is 4.66. The highest BCUT2D eigenvalue weighted by Gasteiger charge is 2.25. The molecular weight excluding hydrogens is 228 g/mol. The molecule has 94 valence electrons. The summed E-state index contributed by atoms with van der Waals surface area (Å²) in [5.74, 6) is 0.229. The average Bonchev–Trinajstić information content (AvgIpc) is 2.38. The number of hydrogen-bond donors (Lipinski definition) is 1. The Balaban J connectivity index is 2.12. The third-order valence-corrected chi connectivity index (χ3v) is 3.33. The van der Waals surface area contributed by atoms with Gasteiger partial charge in [-0.1, -0.05) is 30.3 Å². The molecule has 0 bridgehead atoms. The van der Waals surface area contributed by atoms with Crippen molar-refractivity contribution in [3.63, 3.8) is 0 Å². The Hall–Kier alpha value is -1.58. The molecule has 1 aliphatic heterocycles. The van der Waals surface area contributed by atoms with Gasteiger partial charge in [-0.05, 0) is 30.2 Å². The quantitative estimate of drug-likeness (QED) is 0.835. The van der Waals surface area contributed by atoms with E-state index in [0.29, 0.717) is 6.61 Å². The monoisotopic (exact) mass is 244 g/mol. The van der Waals surface area contributed by atoms with Crippen molar-refractivity contribution in [2.45, 2.75) is 25.7 Å². The number of phenolic OH excluding ortho intramolecular Hbond substituents is 1. The van der Waals surface area contributed by atoms with Gasteiger partial charge in [-0.3, -0.25) is 0 Å². The van der Waals surface area contributed by atoms with E-state index in [9.17, 15) is 5.11 Å². The van der Waals surface area contributed by atoms with Crippen LogP contribution in [0.5, 0.6) is 5.75 Å². The van der Waals surface area contributed by atoms with Crippen LogP contribution < -0.4 is 0 Å². The fraction of sp³-hybridized carbons (Fsp3) is 0.333. The third kappa shape index (κ3) is 1.96. The lowest BCUT2D eigenvalue weighted by Gasteiger charge is -2.29. The minimum atomic E-state index is -0.472. The van der Waals surface area contributed by atoms with Gasteiger partial charge in [-0.25, -0.2) is 0 Å². The summed E-state index contributed by atoms with van der Waals surface area (Å²) in [6, 6.07) is 11.5. The van der Waals surface area contributed by atoms with Crippen molar-refractivity contribution >= 4 is 10.8 Å². The molecule has 1 N–H and O–H groups in total.